The maximum absolute atomic E-state index is 12.2. The Balaban J connectivity index is 1.95. The average molecular weight is 411 g/mol. The fourth-order valence-corrected chi connectivity index (χ4v) is 3.56. The summed E-state index contributed by atoms with van der Waals surface area (Å²) in [7, 11) is -3.65. The summed E-state index contributed by atoms with van der Waals surface area (Å²) in [6.45, 7) is 3.94. The zero-order valence-electron chi connectivity index (χ0n) is 15.5. The van der Waals surface area contributed by atoms with E-state index in [4.69, 9.17) is 16.3 Å². The highest BCUT2D eigenvalue weighted by molar-refractivity contribution is 7.92. The van der Waals surface area contributed by atoms with Crippen LogP contribution in [0.2, 0.25) is 5.02 Å². The zero-order chi connectivity index (χ0) is 20.0. The fourth-order valence-electron chi connectivity index (χ4n) is 2.48. The molecule has 2 aromatic carbocycles. The van der Waals surface area contributed by atoms with E-state index < -0.39 is 15.9 Å². The molecule has 2 rings (SSSR count). The number of hydrogen-bond acceptors (Lipinski definition) is 4. The van der Waals surface area contributed by atoms with E-state index in [-0.39, 0.29) is 19.7 Å². The predicted octanol–water partition coefficient (Wildman–Crippen LogP) is 2.92. The van der Waals surface area contributed by atoms with E-state index >= 15 is 0 Å². The van der Waals surface area contributed by atoms with Crippen LogP contribution in [0.15, 0.2) is 42.5 Å². The molecule has 1 amide bonds. The number of benzene rings is 2. The van der Waals surface area contributed by atoms with E-state index in [0.717, 1.165) is 21.9 Å². The average Bonchev–Trinajstić information content (AvgIpc) is 2.58. The first-order valence-electron chi connectivity index (χ1n) is 8.37. The number of sulfonamides is 1. The van der Waals surface area contributed by atoms with Crippen LogP contribution in [0.1, 0.15) is 11.1 Å². The molecule has 0 unspecified atom stereocenters. The molecule has 6 nitrogen and oxygen atoms in total. The molecule has 0 radical (unpaired) electrons. The number of aryl methyl sites for hydroxylation is 2. The quantitative estimate of drug-likeness (QED) is 0.679. The Morgan fingerprint density at radius 3 is 2.59 bits per heavy atom. The maximum atomic E-state index is 12.2. The molecule has 0 aliphatic rings. The Morgan fingerprint density at radius 2 is 1.93 bits per heavy atom. The molecule has 0 heterocycles. The first-order chi connectivity index (χ1) is 12.7. The molecule has 0 saturated carbocycles. The van der Waals surface area contributed by atoms with Crippen molar-refractivity contribution in [3.8, 4) is 5.75 Å². The lowest BCUT2D eigenvalue weighted by Gasteiger charge is -2.23. The highest BCUT2D eigenvalue weighted by Gasteiger charge is 2.22. The third-order valence-electron chi connectivity index (χ3n) is 3.81. The second-order valence-corrected chi connectivity index (χ2v) is 8.56. The molecule has 146 valence electrons. The molecule has 27 heavy (non-hydrogen) atoms. The van der Waals surface area contributed by atoms with Gasteiger partial charge < -0.3 is 10.1 Å². The van der Waals surface area contributed by atoms with Crippen LogP contribution >= 0.6 is 11.6 Å². The Kier molecular flexibility index (Phi) is 7.10. The third kappa shape index (κ3) is 6.45. The van der Waals surface area contributed by atoms with Crippen LogP contribution in [-0.4, -0.2) is 40.3 Å². The van der Waals surface area contributed by atoms with E-state index in [1.165, 1.54) is 6.07 Å². The minimum absolute atomic E-state index is 0.263. The van der Waals surface area contributed by atoms with Gasteiger partial charge in [0, 0.05) is 5.02 Å². The van der Waals surface area contributed by atoms with Crippen LogP contribution < -0.4 is 14.4 Å². The number of carbonyl (C=O) groups is 1. The monoisotopic (exact) mass is 410 g/mol. The Hall–Kier alpha value is -2.25. The lowest BCUT2D eigenvalue weighted by molar-refractivity contribution is -0.119. The molecule has 0 spiro atoms. The number of nitrogens with zero attached hydrogens (tertiary/aromatic N) is 1. The number of halogens is 1. The molecule has 0 fully saturated rings. The minimum atomic E-state index is -3.65. The van der Waals surface area contributed by atoms with Gasteiger partial charge in [-0.25, -0.2) is 8.42 Å². The number of nitrogens with one attached hydrogen (secondary N) is 1. The SMILES string of the molecule is Cc1cccc(OCCNC(=O)CN(c2cc(Cl)ccc2C)S(C)(=O)=O)c1. The summed E-state index contributed by atoms with van der Waals surface area (Å²) in [5.41, 5.74) is 2.17. The van der Waals surface area contributed by atoms with Crippen LogP contribution in [0.4, 0.5) is 5.69 Å². The fraction of sp³-hybridized carbons (Fsp3) is 0.316. The summed E-state index contributed by atoms with van der Waals surface area (Å²) in [6.07, 6.45) is 1.06. The molecule has 0 saturated heterocycles. The minimum Gasteiger partial charge on any atom is -0.492 e. The van der Waals surface area contributed by atoms with E-state index in [9.17, 15) is 13.2 Å². The smallest absolute Gasteiger partial charge is 0.240 e. The largest absolute Gasteiger partial charge is 0.492 e. The highest BCUT2D eigenvalue weighted by Crippen LogP contribution is 2.26. The maximum Gasteiger partial charge on any atom is 0.240 e. The van der Waals surface area contributed by atoms with Crippen molar-refractivity contribution in [3.63, 3.8) is 0 Å². The summed E-state index contributed by atoms with van der Waals surface area (Å²) >= 11 is 5.98. The van der Waals surface area contributed by atoms with Crippen molar-refractivity contribution in [1.29, 1.82) is 0 Å². The van der Waals surface area contributed by atoms with Gasteiger partial charge in [0.05, 0.1) is 18.5 Å². The van der Waals surface area contributed by atoms with Gasteiger partial charge in [0.25, 0.3) is 0 Å². The number of anilines is 1. The van der Waals surface area contributed by atoms with Crippen LogP contribution in [-0.2, 0) is 14.8 Å². The summed E-state index contributed by atoms with van der Waals surface area (Å²) in [4.78, 5) is 12.2. The van der Waals surface area contributed by atoms with Crippen LogP contribution in [0, 0.1) is 13.8 Å². The molecule has 0 aromatic heterocycles. The van der Waals surface area contributed by atoms with E-state index in [1.54, 1.807) is 19.1 Å². The first kappa shape index (κ1) is 21.1. The van der Waals surface area contributed by atoms with Gasteiger partial charge in [0.2, 0.25) is 15.9 Å². The van der Waals surface area contributed by atoms with Gasteiger partial charge >= 0.3 is 0 Å². The van der Waals surface area contributed by atoms with Crippen molar-refractivity contribution >= 4 is 33.2 Å². The van der Waals surface area contributed by atoms with Crippen LogP contribution in [0.5, 0.6) is 5.75 Å². The van der Waals surface area contributed by atoms with Crippen molar-refractivity contribution in [3.05, 3.63) is 58.6 Å². The molecule has 0 atom stereocenters. The van der Waals surface area contributed by atoms with Gasteiger partial charge in [0.1, 0.15) is 18.9 Å². The standard InChI is InChI=1S/C19H23ClN2O4S/c1-14-5-4-6-17(11-14)26-10-9-21-19(23)13-22(27(3,24)25)18-12-16(20)8-7-15(18)2/h4-8,11-12H,9-10,13H2,1-3H3,(H,21,23). The first-order valence-corrected chi connectivity index (χ1v) is 10.6. The summed E-state index contributed by atoms with van der Waals surface area (Å²) in [5.74, 6) is 0.296. The normalized spacial score (nSPS) is 11.1. The van der Waals surface area contributed by atoms with Crippen molar-refractivity contribution in [2.24, 2.45) is 0 Å². The lowest BCUT2D eigenvalue weighted by atomic mass is 10.2. The molecule has 0 aliphatic heterocycles. The van der Waals surface area contributed by atoms with Crippen LogP contribution in [0.25, 0.3) is 0 Å². The van der Waals surface area contributed by atoms with Gasteiger partial charge in [0.15, 0.2) is 0 Å². The number of carbonyl (C=O) groups excluding carboxylic acids is 1. The second kappa shape index (κ2) is 9.10. The Morgan fingerprint density at radius 1 is 1.19 bits per heavy atom. The van der Waals surface area contributed by atoms with Gasteiger partial charge in [-0.05, 0) is 49.2 Å². The van der Waals surface area contributed by atoms with E-state index in [2.05, 4.69) is 5.32 Å². The molecular formula is C19H23ClN2O4S. The van der Waals surface area contributed by atoms with E-state index in [0.29, 0.717) is 16.3 Å². The lowest BCUT2D eigenvalue weighted by Crippen LogP contribution is -2.41. The predicted molar refractivity (Wildman–Crippen MR) is 108 cm³/mol. The van der Waals surface area contributed by atoms with Crippen LogP contribution in [0.3, 0.4) is 0 Å². The topological polar surface area (TPSA) is 75.7 Å². The van der Waals surface area contributed by atoms with Crippen molar-refractivity contribution in [1.82, 2.24) is 5.32 Å². The molecular weight excluding hydrogens is 388 g/mol. The Labute approximate surface area is 165 Å². The summed E-state index contributed by atoms with van der Waals surface area (Å²) in [6, 6.07) is 12.5. The second-order valence-electron chi connectivity index (χ2n) is 6.22. The van der Waals surface area contributed by atoms with Gasteiger partial charge in [-0.1, -0.05) is 29.8 Å². The molecule has 2 aromatic rings. The molecule has 0 aliphatic carbocycles. The van der Waals surface area contributed by atoms with Crippen molar-refractivity contribution in [2.45, 2.75) is 13.8 Å². The van der Waals surface area contributed by atoms with Crippen molar-refractivity contribution in [2.75, 3.05) is 30.3 Å². The number of rotatable bonds is 8. The van der Waals surface area contributed by atoms with E-state index in [1.807, 2.05) is 31.2 Å². The number of ether oxygens (including phenoxy) is 1. The van der Waals surface area contributed by atoms with Gasteiger partial charge in [-0.15, -0.1) is 0 Å². The number of amides is 1. The van der Waals surface area contributed by atoms with Gasteiger partial charge in [-0.3, -0.25) is 9.10 Å². The summed E-state index contributed by atoms with van der Waals surface area (Å²) < 4.78 is 30.9. The third-order valence-corrected chi connectivity index (χ3v) is 5.17. The molecule has 8 heteroatoms. The molecule has 0 bridgehead atoms. The number of hydrogen-bond donors (Lipinski definition) is 1. The molecule has 1 N–H and O–H groups in total. The summed E-state index contributed by atoms with van der Waals surface area (Å²) in [5, 5.41) is 3.07. The van der Waals surface area contributed by atoms with Crippen molar-refractivity contribution < 1.29 is 17.9 Å². The highest BCUT2D eigenvalue weighted by atomic mass is 35.5. The Bertz CT molecular complexity index is 916. The zero-order valence-corrected chi connectivity index (χ0v) is 17.1. The van der Waals surface area contributed by atoms with Gasteiger partial charge in [-0.2, -0.15) is 0 Å².